The number of ether oxygens (including phenoxy) is 1. The fourth-order valence-electron chi connectivity index (χ4n) is 0.926. The Labute approximate surface area is 96.3 Å². The molecule has 5 nitrogen and oxygen atoms in total. The molecule has 0 aromatic heterocycles. The van der Waals surface area contributed by atoms with Crippen LogP contribution >= 0.6 is 22.6 Å². The molecule has 14 heavy (non-hydrogen) atoms. The molecule has 0 aromatic carbocycles. The maximum Gasteiger partial charge on any atom is 0.408 e. The Morgan fingerprint density at radius 1 is 1.50 bits per heavy atom. The topological polar surface area (TPSA) is 75.6 Å². The summed E-state index contributed by atoms with van der Waals surface area (Å²) in [5, 5.41) is 11.1. The minimum atomic E-state index is -1.04. The predicted molar refractivity (Wildman–Crippen MR) is 59.4 cm³/mol. The Bertz CT molecular complexity index is 208. The number of alkyl halides is 1. The Morgan fingerprint density at radius 2 is 2.07 bits per heavy atom. The number of aliphatic carboxylic acids is 1. The fourth-order valence-corrected chi connectivity index (χ4v) is 1.21. The lowest BCUT2D eigenvalue weighted by molar-refractivity contribution is -0.139. The van der Waals surface area contributed by atoms with Crippen molar-refractivity contribution in [2.24, 2.45) is 5.92 Å². The van der Waals surface area contributed by atoms with E-state index in [9.17, 15) is 9.59 Å². The molecule has 0 unspecified atom stereocenters. The summed E-state index contributed by atoms with van der Waals surface area (Å²) >= 11 is 1.86. The molecular weight excluding hydrogens is 301 g/mol. The highest BCUT2D eigenvalue weighted by Crippen LogP contribution is 2.05. The first-order valence-electron chi connectivity index (χ1n) is 4.19. The minimum Gasteiger partial charge on any atom is -0.480 e. The van der Waals surface area contributed by atoms with Crippen molar-refractivity contribution in [3.63, 3.8) is 0 Å². The number of hydrogen-bond donors (Lipinski definition) is 2. The van der Waals surface area contributed by atoms with Crippen molar-refractivity contribution in [3.8, 4) is 0 Å². The van der Waals surface area contributed by atoms with Gasteiger partial charge in [-0.3, -0.25) is 0 Å². The zero-order valence-corrected chi connectivity index (χ0v) is 10.3. The maximum absolute atomic E-state index is 10.9. The summed E-state index contributed by atoms with van der Waals surface area (Å²) in [5.74, 6) is -0.833. The van der Waals surface area contributed by atoms with E-state index in [0.29, 0.717) is 6.42 Å². The molecule has 0 aliphatic heterocycles. The first kappa shape index (κ1) is 13.5. The summed E-state index contributed by atoms with van der Waals surface area (Å²) in [6.07, 6.45) is -0.293. The van der Waals surface area contributed by atoms with E-state index in [-0.39, 0.29) is 10.5 Å². The maximum atomic E-state index is 10.9. The van der Waals surface area contributed by atoms with E-state index in [2.05, 4.69) is 10.1 Å². The van der Waals surface area contributed by atoms with Gasteiger partial charge in [-0.25, -0.2) is 9.59 Å². The molecule has 1 atom stereocenters. The zero-order chi connectivity index (χ0) is 11.1. The Hall–Kier alpha value is -0.530. The van der Waals surface area contributed by atoms with Gasteiger partial charge in [-0.05, 0) is 34.9 Å². The molecule has 82 valence electrons. The van der Waals surface area contributed by atoms with Gasteiger partial charge in [-0.1, -0.05) is 13.8 Å². The number of hydrogen-bond acceptors (Lipinski definition) is 3. The van der Waals surface area contributed by atoms with E-state index in [1.165, 1.54) is 0 Å². The summed E-state index contributed by atoms with van der Waals surface area (Å²) in [4.78, 5) is 21.6. The van der Waals surface area contributed by atoms with Crippen molar-refractivity contribution in [2.45, 2.75) is 26.3 Å². The molecule has 0 spiro atoms. The number of halogens is 1. The van der Waals surface area contributed by atoms with Crippen LogP contribution in [0.1, 0.15) is 20.3 Å². The lowest BCUT2D eigenvalue weighted by Gasteiger charge is -2.15. The van der Waals surface area contributed by atoms with E-state index in [1.54, 1.807) is 0 Å². The van der Waals surface area contributed by atoms with Crippen LogP contribution in [0, 0.1) is 5.92 Å². The zero-order valence-electron chi connectivity index (χ0n) is 8.12. The summed E-state index contributed by atoms with van der Waals surface area (Å²) in [6, 6.07) is -0.870. The fraction of sp³-hybridized carbons (Fsp3) is 0.750. The molecule has 0 heterocycles. The number of carbonyl (C=O) groups is 2. The molecule has 1 amide bonds. The smallest absolute Gasteiger partial charge is 0.408 e. The van der Waals surface area contributed by atoms with Crippen LogP contribution in [-0.2, 0) is 9.53 Å². The lowest BCUT2D eigenvalue weighted by atomic mass is 10.0. The van der Waals surface area contributed by atoms with Crippen molar-refractivity contribution in [2.75, 3.05) is 4.61 Å². The molecule has 2 N–H and O–H groups in total. The van der Waals surface area contributed by atoms with Crippen LogP contribution in [-0.4, -0.2) is 27.8 Å². The van der Waals surface area contributed by atoms with E-state index < -0.39 is 18.1 Å². The van der Waals surface area contributed by atoms with Gasteiger partial charge in [0.1, 0.15) is 10.7 Å². The van der Waals surface area contributed by atoms with Crippen LogP contribution in [0.3, 0.4) is 0 Å². The summed E-state index contributed by atoms with van der Waals surface area (Å²) in [6.45, 7) is 3.78. The molecule has 0 bridgehead atoms. The van der Waals surface area contributed by atoms with Crippen molar-refractivity contribution >= 4 is 34.7 Å². The van der Waals surface area contributed by atoms with Crippen LogP contribution in [0.25, 0.3) is 0 Å². The van der Waals surface area contributed by atoms with Crippen LogP contribution in [0.4, 0.5) is 4.79 Å². The first-order chi connectivity index (χ1) is 6.47. The number of nitrogens with one attached hydrogen (secondary N) is 1. The number of alkyl carbamates (subject to hydrolysis) is 1. The highest BCUT2D eigenvalue weighted by Gasteiger charge is 2.21. The highest BCUT2D eigenvalue weighted by molar-refractivity contribution is 14.1. The van der Waals surface area contributed by atoms with Gasteiger partial charge in [0.2, 0.25) is 0 Å². The summed E-state index contributed by atoms with van der Waals surface area (Å²) < 4.78 is 4.78. The van der Waals surface area contributed by atoms with Crippen LogP contribution in [0.15, 0.2) is 0 Å². The second-order valence-corrected chi connectivity index (χ2v) is 3.83. The summed E-state index contributed by atoms with van der Waals surface area (Å²) in [7, 11) is 0. The first-order valence-corrected chi connectivity index (χ1v) is 5.72. The summed E-state index contributed by atoms with van der Waals surface area (Å²) in [5.41, 5.74) is 0. The van der Waals surface area contributed by atoms with E-state index in [0.717, 1.165) is 0 Å². The molecule has 0 saturated carbocycles. The average Bonchev–Trinajstić information content (AvgIpc) is 2.02. The van der Waals surface area contributed by atoms with Gasteiger partial charge in [0.05, 0.1) is 0 Å². The van der Waals surface area contributed by atoms with E-state index >= 15 is 0 Å². The monoisotopic (exact) mass is 315 g/mol. The minimum absolute atomic E-state index is 0.205. The van der Waals surface area contributed by atoms with Gasteiger partial charge in [0.25, 0.3) is 0 Å². The molecule has 0 aliphatic carbocycles. The third kappa shape index (κ3) is 6.01. The number of carboxylic acid groups (broad SMARTS) is 1. The van der Waals surface area contributed by atoms with Crippen molar-refractivity contribution in [1.29, 1.82) is 0 Å². The van der Waals surface area contributed by atoms with Crippen LogP contribution in [0.5, 0.6) is 0 Å². The molecule has 0 rings (SSSR count). The van der Waals surface area contributed by atoms with Gasteiger partial charge in [0, 0.05) is 0 Å². The van der Waals surface area contributed by atoms with E-state index in [4.69, 9.17) is 5.11 Å². The standard InChI is InChI=1S/C8H14INO4/c1-5(2)3-6(7(11)12)10-8(13)14-4-9/h5-6H,3-4H2,1-2H3,(H,10,13)(H,11,12)/t6-/m1/s1. The number of rotatable bonds is 5. The van der Waals surface area contributed by atoms with Crippen molar-refractivity contribution in [3.05, 3.63) is 0 Å². The molecule has 0 fully saturated rings. The highest BCUT2D eigenvalue weighted by atomic mass is 127. The van der Waals surface area contributed by atoms with Gasteiger partial charge in [-0.2, -0.15) is 0 Å². The number of carboxylic acids is 1. The van der Waals surface area contributed by atoms with Crippen molar-refractivity contribution < 1.29 is 19.4 Å². The van der Waals surface area contributed by atoms with Crippen molar-refractivity contribution in [1.82, 2.24) is 5.32 Å². The normalized spacial score (nSPS) is 12.3. The number of carbonyl (C=O) groups excluding carboxylic acids is 1. The molecule has 0 aliphatic rings. The van der Waals surface area contributed by atoms with Gasteiger partial charge in [0.15, 0.2) is 0 Å². The second-order valence-electron chi connectivity index (χ2n) is 3.21. The lowest BCUT2D eigenvalue weighted by Crippen LogP contribution is -2.41. The van der Waals surface area contributed by atoms with Crippen LogP contribution < -0.4 is 5.32 Å². The molecule has 0 radical (unpaired) electrons. The quantitative estimate of drug-likeness (QED) is 0.597. The van der Waals surface area contributed by atoms with Gasteiger partial charge in [-0.15, -0.1) is 0 Å². The largest absolute Gasteiger partial charge is 0.480 e. The average molecular weight is 315 g/mol. The molecule has 6 heteroatoms. The molecular formula is C8H14INO4. The SMILES string of the molecule is CC(C)C[C@@H](NC(=O)OCI)C(=O)O. The Balaban J connectivity index is 4.09. The predicted octanol–water partition coefficient (Wildman–Crippen LogP) is 1.60. The molecule has 0 saturated heterocycles. The Kier molecular flexibility index (Phi) is 6.60. The van der Waals surface area contributed by atoms with Gasteiger partial charge >= 0.3 is 12.1 Å². The second kappa shape index (κ2) is 6.86. The number of amides is 1. The third-order valence-corrected chi connectivity index (χ3v) is 1.79. The Morgan fingerprint density at radius 3 is 2.43 bits per heavy atom. The van der Waals surface area contributed by atoms with E-state index in [1.807, 2.05) is 36.4 Å². The van der Waals surface area contributed by atoms with Crippen LogP contribution in [0.2, 0.25) is 0 Å². The molecule has 0 aromatic rings. The third-order valence-electron chi connectivity index (χ3n) is 1.48. The van der Waals surface area contributed by atoms with Gasteiger partial charge < -0.3 is 15.2 Å².